The van der Waals surface area contributed by atoms with Crippen LogP contribution in [0.4, 0.5) is 10.5 Å². The standard InChI is InChI=1S/C18H24ClN3O6/c1-18(2,3)21(17(24)25)12-6-5-7-20(10-12)16(23)11-8-13(22(26)27)15(19)14(9-11)28-4/h8-9,12H,5-7,10H2,1-4H3,(H,24,25)/t12-/m1/s1. The van der Waals surface area contributed by atoms with Crippen molar-refractivity contribution in [3.05, 3.63) is 32.8 Å². The Kier molecular flexibility index (Phi) is 6.38. The minimum Gasteiger partial charge on any atom is -0.495 e. The molecule has 154 valence electrons. The quantitative estimate of drug-likeness (QED) is 0.595. The van der Waals surface area contributed by atoms with E-state index in [9.17, 15) is 24.8 Å². The highest BCUT2D eigenvalue weighted by Gasteiger charge is 2.37. The highest BCUT2D eigenvalue weighted by molar-refractivity contribution is 6.34. The van der Waals surface area contributed by atoms with Crippen molar-refractivity contribution in [1.29, 1.82) is 0 Å². The summed E-state index contributed by atoms with van der Waals surface area (Å²) in [5, 5.41) is 20.7. The monoisotopic (exact) mass is 413 g/mol. The van der Waals surface area contributed by atoms with Crippen LogP contribution in [-0.4, -0.2) is 63.6 Å². The Hall–Kier alpha value is -2.55. The molecule has 0 radical (unpaired) electrons. The average molecular weight is 414 g/mol. The van der Waals surface area contributed by atoms with Crippen molar-refractivity contribution in [2.45, 2.75) is 45.2 Å². The maximum Gasteiger partial charge on any atom is 0.408 e. The van der Waals surface area contributed by atoms with Gasteiger partial charge in [-0.05, 0) is 39.7 Å². The maximum atomic E-state index is 13.0. The summed E-state index contributed by atoms with van der Waals surface area (Å²) in [6, 6.07) is 2.12. The van der Waals surface area contributed by atoms with Crippen molar-refractivity contribution < 1.29 is 24.4 Å². The fourth-order valence-electron chi connectivity index (χ4n) is 3.51. The summed E-state index contributed by atoms with van der Waals surface area (Å²) in [7, 11) is 1.31. The number of carboxylic acid groups (broad SMARTS) is 1. The second-order valence-electron chi connectivity index (χ2n) is 7.64. The minimum atomic E-state index is -1.05. The topological polar surface area (TPSA) is 113 Å². The van der Waals surface area contributed by atoms with Gasteiger partial charge in [0.1, 0.15) is 5.75 Å². The van der Waals surface area contributed by atoms with Gasteiger partial charge in [-0.1, -0.05) is 11.6 Å². The molecule has 2 rings (SSSR count). The van der Waals surface area contributed by atoms with Crippen molar-refractivity contribution in [1.82, 2.24) is 9.80 Å². The number of benzene rings is 1. The summed E-state index contributed by atoms with van der Waals surface area (Å²) >= 11 is 5.95. The van der Waals surface area contributed by atoms with Crippen LogP contribution in [-0.2, 0) is 0 Å². The zero-order valence-electron chi connectivity index (χ0n) is 16.3. The molecule has 0 aromatic heterocycles. The van der Waals surface area contributed by atoms with E-state index in [0.29, 0.717) is 19.4 Å². The van der Waals surface area contributed by atoms with Gasteiger partial charge in [0.15, 0.2) is 5.02 Å². The number of carbonyl (C=O) groups excluding carboxylic acids is 1. The number of hydrogen-bond donors (Lipinski definition) is 1. The molecule has 1 N–H and O–H groups in total. The first-order chi connectivity index (χ1) is 13.0. The average Bonchev–Trinajstić information content (AvgIpc) is 2.59. The van der Waals surface area contributed by atoms with Gasteiger partial charge in [-0.3, -0.25) is 19.8 Å². The summed E-state index contributed by atoms with van der Waals surface area (Å²) in [6.07, 6.45) is 0.219. The largest absolute Gasteiger partial charge is 0.495 e. The normalized spacial score (nSPS) is 17.2. The molecule has 1 saturated heterocycles. The van der Waals surface area contributed by atoms with Crippen molar-refractivity contribution in [2.24, 2.45) is 0 Å². The molecule has 0 spiro atoms. The molecule has 1 aromatic rings. The molecule has 1 aromatic carbocycles. The van der Waals surface area contributed by atoms with E-state index in [-0.39, 0.29) is 28.9 Å². The number of nitro groups is 1. The van der Waals surface area contributed by atoms with Gasteiger partial charge in [-0.2, -0.15) is 0 Å². The SMILES string of the molecule is COc1cc(C(=O)N2CCC[C@@H](N(C(=O)O)C(C)(C)C)C2)cc([N+](=O)[O-])c1Cl. The second-order valence-corrected chi connectivity index (χ2v) is 8.02. The number of nitrogens with zero attached hydrogens (tertiary/aromatic N) is 3. The van der Waals surface area contributed by atoms with Gasteiger partial charge in [-0.15, -0.1) is 0 Å². The van der Waals surface area contributed by atoms with Crippen LogP contribution in [0.3, 0.4) is 0 Å². The third-order valence-corrected chi connectivity index (χ3v) is 5.04. The number of hydrogen-bond acceptors (Lipinski definition) is 5. The first-order valence-electron chi connectivity index (χ1n) is 8.80. The summed E-state index contributed by atoms with van der Waals surface area (Å²) in [5.74, 6) is -0.392. The molecule has 0 bridgehead atoms. The lowest BCUT2D eigenvalue weighted by molar-refractivity contribution is -0.384. The van der Waals surface area contributed by atoms with E-state index in [2.05, 4.69) is 0 Å². The summed E-state index contributed by atoms with van der Waals surface area (Å²) in [5.41, 5.74) is -0.962. The number of halogens is 1. The zero-order chi connectivity index (χ0) is 21.2. The Morgan fingerprint density at radius 1 is 1.39 bits per heavy atom. The number of carbonyl (C=O) groups is 2. The molecule has 1 aliphatic rings. The van der Waals surface area contributed by atoms with E-state index < -0.39 is 28.2 Å². The predicted molar refractivity (Wildman–Crippen MR) is 103 cm³/mol. The summed E-state index contributed by atoms with van der Waals surface area (Å²) in [4.78, 5) is 38.2. The molecule has 1 heterocycles. The maximum absolute atomic E-state index is 13.0. The zero-order valence-corrected chi connectivity index (χ0v) is 17.0. The van der Waals surface area contributed by atoms with Gasteiger partial charge in [0.25, 0.3) is 11.6 Å². The molecule has 10 heteroatoms. The Bertz CT molecular complexity index is 792. The first-order valence-corrected chi connectivity index (χ1v) is 9.18. The molecule has 1 aliphatic heterocycles. The van der Waals surface area contributed by atoms with Gasteiger partial charge in [0, 0.05) is 24.7 Å². The smallest absolute Gasteiger partial charge is 0.408 e. The number of likely N-dealkylation sites (tertiary alicyclic amines) is 1. The van der Waals surface area contributed by atoms with Gasteiger partial charge >= 0.3 is 6.09 Å². The molecule has 28 heavy (non-hydrogen) atoms. The number of piperidine rings is 1. The molecule has 0 saturated carbocycles. The van der Waals surface area contributed by atoms with Crippen LogP contribution in [0.2, 0.25) is 5.02 Å². The summed E-state index contributed by atoms with van der Waals surface area (Å²) in [6.45, 7) is 6.05. The van der Waals surface area contributed by atoms with Gasteiger partial charge in [0.2, 0.25) is 0 Å². The van der Waals surface area contributed by atoms with Crippen LogP contribution < -0.4 is 4.74 Å². The third-order valence-electron chi connectivity index (χ3n) is 4.66. The van der Waals surface area contributed by atoms with Crippen molar-refractivity contribution in [3.8, 4) is 5.75 Å². The second kappa shape index (κ2) is 8.22. The van der Waals surface area contributed by atoms with Gasteiger partial charge < -0.3 is 14.7 Å². The molecule has 0 aliphatic carbocycles. The van der Waals surface area contributed by atoms with E-state index in [0.717, 1.165) is 6.07 Å². The van der Waals surface area contributed by atoms with Crippen LogP contribution in [0.15, 0.2) is 12.1 Å². The van der Waals surface area contributed by atoms with E-state index in [1.54, 1.807) is 20.8 Å². The van der Waals surface area contributed by atoms with Crippen molar-refractivity contribution in [2.75, 3.05) is 20.2 Å². The highest BCUT2D eigenvalue weighted by atomic mass is 35.5. The van der Waals surface area contributed by atoms with Crippen LogP contribution >= 0.6 is 11.6 Å². The number of nitro benzene ring substituents is 1. The molecule has 2 amide bonds. The highest BCUT2D eigenvalue weighted by Crippen LogP contribution is 2.36. The molecule has 9 nitrogen and oxygen atoms in total. The molecule has 0 unspecified atom stereocenters. The van der Waals surface area contributed by atoms with E-state index in [4.69, 9.17) is 16.3 Å². The Morgan fingerprint density at radius 3 is 2.54 bits per heavy atom. The molecular weight excluding hydrogens is 390 g/mol. The van der Waals surface area contributed by atoms with E-state index in [1.165, 1.54) is 23.0 Å². The number of ether oxygens (including phenoxy) is 1. The van der Waals surface area contributed by atoms with Crippen LogP contribution in [0.25, 0.3) is 0 Å². The fraction of sp³-hybridized carbons (Fsp3) is 0.556. The Labute approximate surface area is 168 Å². The number of methoxy groups -OCH3 is 1. The lowest BCUT2D eigenvalue weighted by Crippen LogP contribution is -2.57. The fourth-order valence-corrected chi connectivity index (χ4v) is 3.77. The Morgan fingerprint density at radius 2 is 2.04 bits per heavy atom. The lowest BCUT2D eigenvalue weighted by atomic mass is 9.97. The third kappa shape index (κ3) is 4.46. The van der Waals surface area contributed by atoms with Gasteiger partial charge in [0.05, 0.1) is 23.6 Å². The van der Waals surface area contributed by atoms with Crippen molar-refractivity contribution in [3.63, 3.8) is 0 Å². The lowest BCUT2D eigenvalue weighted by Gasteiger charge is -2.44. The number of amides is 2. The van der Waals surface area contributed by atoms with Gasteiger partial charge in [-0.25, -0.2) is 4.79 Å². The summed E-state index contributed by atoms with van der Waals surface area (Å²) < 4.78 is 5.06. The van der Waals surface area contributed by atoms with E-state index in [1.807, 2.05) is 0 Å². The molecular formula is C18H24ClN3O6. The minimum absolute atomic E-state index is 0.0367. The van der Waals surface area contributed by atoms with Crippen LogP contribution in [0, 0.1) is 10.1 Å². The molecule has 1 atom stereocenters. The Balaban J connectivity index is 2.33. The van der Waals surface area contributed by atoms with Crippen LogP contribution in [0.1, 0.15) is 44.0 Å². The first kappa shape index (κ1) is 21.7. The molecule has 1 fully saturated rings. The predicted octanol–water partition coefficient (Wildman–Crippen LogP) is 3.64. The van der Waals surface area contributed by atoms with Crippen LogP contribution in [0.5, 0.6) is 5.75 Å². The van der Waals surface area contributed by atoms with Crippen molar-refractivity contribution >= 4 is 29.3 Å². The number of rotatable bonds is 4. The van der Waals surface area contributed by atoms with E-state index >= 15 is 0 Å².